The molecule has 21 heavy (non-hydrogen) atoms. The maximum Gasteiger partial charge on any atom is 0.123 e. The fourth-order valence-corrected chi connectivity index (χ4v) is 3.37. The minimum absolute atomic E-state index is 0.522. The summed E-state index contributed by atoms with van der Waals surface area (Å²) in [7, 11) is 0. The smallest absolute Gasteiger partial charge is 0.123 e. The first-order chi connectivity index (χ1) is 10.1. The van der Waals surface area contributed by atoms with E-state index in [1.807, 2.05) is 0 Å². The third-order valence-electron chi connectivity index (χ3n) is 4.59. The number of hydrogen-bond acceptors (Lipinski definition) is 1. The van der Waals surface area contributed by atoms with Crippen molar-refractivity contribution in [3.05, 3.63) is 29.3 Å². The van der Waals surface area contributed by atoms with Gasteiger partial charge in [0.2, 0.25) is 0 Å². The van der Waals surface area contributed by atoms with E-state index in [-0.39, 0.29) is 0 Å². The third kappa shape index (κ3) is 5.03. The number of rotatable bonds is 6. The van der Waals surface area contributed by atoms with Crippen molar-refractivity contribution in [1.82, 2.24) is 0 Å². The van der Waals surface area contributed by atoms with Crippen LogP contribution in [0.4, 0.5) is 0 Å². The van der Waals surface area contributed by atoms with Gasteiger partial charge in [-0.05, 0) is 42.9 Å². The van der Waals surface area contributed by atoms with Gasteiger partial charge in [-0.2, -0.15) is 0 Å². The molecule has 2 heteroatoms. The molecule has 0 amide bonds. The normalized spacial score (nSPS) is 22.5. The molecule has 1 aliphatic heterocycles. The first kappa shape index (κ1) is 16.4. The Morgan fingerprint density at radius 1 is 1.33 bits per heavy atom. The van der Waals surface area contributed by atoms with Crippen LogP contribution < -0.4 is 9.64 Å². The maximum absolute atomic E-state index is 6.08. The van der Waals surface area contributed by atoms with Gasteiger partial charge in [-0.25, -0.2) is 0 Å². The van der Waals surface area contributed by atoms with Crippen molar-refractivity contribution >= 4 is 0 Å². The number of piperidine rings is 1. The zero-order valence-electron chi connectivity index (χ0n) is 14.2. The lowest BCUT2D eigenvalue weighted by molar-refractivity contribution is -0.908. The molecule has 1 N–H and O–H groups in total. The highest BCUT2D eigenvalue weighted by Gasteiger charge is 2.18. The number of aryl methyl sites for hydroxylation is 1. The van der Waals surface area contributed by atoms with E-state index in [0.717, 1.165) is 24.7 Å². The summed E-state index contributed by atoms with van der Waals surface area (Å²) in [6, 6.07) is 6.58. The number of ether oxygens (including phenoxy) is 1. The average Bonchev–Trinajstić information content (AvgIpc) is 2.43. The molecule has 0 spiro atoms. The van der Waals surface area contributed by atoms with Crippen LogP contribution in [0.2, 0.25) is 0 Å². The van der Waals surface area contributed by atoms with Gasteiger partial charge >= 0.3 is 0 Å². The van der Waals surface area contributed by atoms with E-state index in [9.17, 15) is 0 Å². The summed E-state index contributed by atoms with van der Waals surface area (Å²) in [4.78, 5) is 1.77. The molecule has 1 aromatic carbocycles. The van der Waals surface area contributed by atoms with Gasteiger partial charge in [0, 0.05) is 12.3 Å². The topological polar surface area (TPSA) is 13.7 Å². The molecular weight excluding hydrogens is 258 g/mol. The van der Waals surface area contributed by atoms with Gasteiger partial charge < -0.3 is 9.64 Å². The average molecular weight is 290 g/mol. The van der Waals surface area contributed by atoms with Gasteiger partial charge in [0.25, 0.3) is 0 Å². The molecule has 1 heterocycles. The number of nitrogens with one attached hydrogen (secondary N) is 1. The van der Waals surface area contributed by atoms with Crippen molar-refractivity contribution in [2.45, 2.75) is 52.9 Å². The van der Waals surface area contributed by atoms with Crippen LogP contribution >= 0.6 is 0 Å². The van der Waals surface area contributed by atoms with Crippen LogP contribution in [0.5, 0.6) is 5.75 Å². The summed E-state index contributed by atoms with van der Waals surface area (Å²) >= 11 is 0. The Morgan fingerprint density at radius 2 is 2.14 bits per heavy atom. The molecule has 2 rings (SSSR count). The highest BCUT2D eigenvalue weighted by atomic mass is 16.5. The van der Waals surface area contributed by atoms with Gasteiger partial charge in [0.1, 0.15) is 5.75 Å². The van der Waals surface area contributed by atoms with Gasteiger partial charge in [0.05, 0.1) is 26.2 Å². The summed E-state index contributed by atoms with van der Waals surface area (Å²) in [5.74, 6) is 2.51. The summed E-state index contributed by atoms with van der Waals surface area (Å²) < 4.78 is 6.08. The van der Waals surface area contributed by atoms with Crippen molar-refractivity contribution in [1.29, 1.82) is 0 Å². The first-order valence-corrected chi connectivity index (χ1v) is 8.63. The van der Waals surface area contributed by atoms with Gasteiger partial charge in [0.15, 0.2) is 0 Å². The molecule has 1 fully saturated rings. The third-order valence-corrected chi connectivity index (χ3v) is 4.59. The molecule has 118 valence electrons. The van der Waals surface area contributed by atoms with Crippen molar-refractivity contribution in [2.24, 2.45) is 5.92 Å². The molecule has 2 atom stereocenters. The number of benzene rings is 1. The lowest BCUT2D eigenvalue weighted by atomic mass is 10.0. The second-order valence-electron chi connectivity index (χ2n) is 7.10. The summed E-state index contributed by atoms with van der Waals surface area (Å²) in [5, 5.41) is 0. The van der Waals surface area contributed by atoms with Crippen molar-refractivity contribution < 1.29 is 9.64 Å². The molecule has 0 aromatic heterocycles. The number of quaternary nitrogens is 1. The first-order valence-electron chi connectivity index (χ1n) is 8.63. The van der Waals surface area contributed by atoms with Crippen molar-refractivity contribution in [3.63, 3.8) is 0 Å². The fourth-order valence-electron chi connectivity index (χ4n) is 3.37. The molecular formula is C19H32NO+. The molecule has 1 unspecified atom stereocenters. The standard InChI is InChI=1S/C19H31NO/c1-15(2)18-9-8-16(3)13-19(18)21-12-6-11-20-10-5-7-17(4)14-20/h8-9,13,15,17H,5-7,10-12,14H2,1-4H3/p+1/t17-/m1/s1. The largest absolute Gasteiger partial charge is 0.493 e. The van der Waals surface area contributed by atoms with Crippen molar-refractivity contribution in [2.75, 3.05) is 26.2 Å². The fraction of sp³-hybridized carbons (Fsp3) is 0.684. The minimum Gasteiger partial charge on any atom is -0.493 e. The quantitative estimate of drug-likeness (QED) is 0.794. The van der Waals surface area contributed by atoms with E-state index < -0.39 is 0 Å². The van der Waals surface area contributed by atoms with E-state index in [4.69, 9.17) is 4.74 Å². The Hall–Kier alpha value is -1.02. The lowest BCUT2D eigenvalue weighted by Gasteiger charge is -2.27. The van der Waals surface area contributed by atoms with E-state index in [1.54, 1.807) is 4.90 Å². The molecule has 0 saturated carbocycles. The molecule has 2 nitrogen and oxygen atoms in total. The molecule has 1 aromatic rings. The van der Waals surface area contributed by atoms with Crippen LogP contribution in [-0.2, 0) is 0 Å². The molecule has 1 saturated heterocycles. The van der Waals surface area contributed by atoms with Crippen LogP contribution in [0, 0.1) is 12.8 Å². The summed E-state index contributed by atoms with van der Waals surface area (Å²) in [6.07, 6.45) is 3.97. The Bertz CT molecular complexity index is 441. The number of hydrogen-bond donors (Lipinski definition) is 1. The maximum atomic E-state index is 6.08. The van der Waals surface area contributed by atoms with Crippen LogP contribution in [0.15, 0.2) is 18.2 Å². The lowest BCUT2D eigenvalue weighted by Crippen LogP contribution is -3.13. The molecule has 1 aliphatic rings. The Morgan fingerprint density at radius 3 is 2.86 bits per heavy atom. The number of likely N-dealkylation sites (tertiary alicyclic amines) is 1. The monoisotopic (exact) mass is 290 g/mol. The molecule has 0 aliphatic carbocycles. The summed E-state index contributed by atoms with van der Waals surface area (Å²) in [5.41, 5.74) is 2.62. The van der Waals surface area contributed by atoms with E-state index in [1.165, 1.54) is 43.6 Å². The summed E-state index contributed by atoms with van der Waals surface area (Å²) in [6.45, 7) is 13.8. The Balaban J connectivity index is 1.79. The second-order valence-corrected chi connectivity index (χ2v) is 7.10. The zero-order chi connectivity index (χ0) is 15.2. The Kier molecular flexibility index (Phi) is 6.10. The van der Waals surface area contributed by atoms with Gasteiger partial charge in [-0.15, -0.1) is 0 Å². The zero-order valence-corrected chi connectivity index (χ0v) is 14.2. The predicted molar refractivity (Wildman–Crippen MR) is 89.3 cm³/mol. The second kappa shape index (κ2) is 7.84. The Labute approximate surface area is 130 Å². The van der Waals surface area contributed by atoms with Crippen LogP contribution in [0.3, 0.4) is 0 Å². The van der Waals surface area contributed by atoms with Crippen LogP contribution in [0.25, 0.3) is 0 Å². The van der Waals surface area contributed by atoms with Gasteiger partial charge in [-0.3, -0.25) is 0 Å². The van der Waals surface area contributed by atoms with Crippen LogP contribution in [0.1, 0.15) is 57.1 Å². The molecule has 0 bridgehead atoms. The highest BCUT2D eigenvalue weighted by molar-refractivity contribution is 5.39. The van der Waals surface area contributed by atoms with Crippen molar-refractivity contribution in [3.8, 4) is 5.75 Å². The van der Waals surface area contributed by atoms with Crippen LogP contribution in [-0.4, -0.2) is 26.2 Å². The highest BCUT2D eigenvalue weighted by Crippen LogP contribution is 2.27. The van der Waals surface area contributed by atoms with E-state index in [2.05, 4.69) is 45.9 Å². The van der Waals surface area contributed by atoms with E-state index >= 15 is 0 Å². The predicted octanol–water partition coefficient (Wildman–Crippen LogP) is 3.20. The van der Waals surface area contributed by atoms with E-state index in [0.29, 0.717) is 5.92 Å². The SMILES string of the molecule is Cc1ccc(C(C)C)c(OCCC[NH+]2CCC[C@@H](C)C2)c1. The minimum atomic E-state index is 0.522. The molecule has 0 radical (unpaired) electrons. The van der Waals surface area contributed by atoms with Gasteiger partial charge in [-0.1, -0.05) is 32.9 Å².